The molecule has 2 bridgehead atoms. The summed E-state index contributed by atoms with van der Waals surface area (Å²) in [5.74, 6) is 2.02. The maximum atomic E-state index is 13.1. The molecule has 2 aromatic carbocycles. The molecule has 2 saturated carbocycles. The summed E-state index contributed by atoms with van der Waals surface area (Å²) < 4.78 is 18.1. The second-order valence-electron chi connectivity index (χ2n) is 15.5. The SMILES string of the molecule is CC.CCC.CCCCSC(O)C1CC2C3Cc4ccc(OC(=O)CCC(=O)NCC(=O)OCc5ccccc5)c5c4[C@@]2(CCN3CC2CC2)[C@@H](O5)C1C. The summed E-state index contributed by atoms with van der Waals surface area (Å²) in [6, 6.07) is 13.7. The molecule has 1 saturated heterocycles. The monoisotopic (exact) mass is 764 g/mol. The van der Waals surface area contributed by atoms with E-state index in [4.69, 9.17) is 14.2 Å². The molecule has 3 aliphatic carbocycles. The van der Waals surface area contributed by atoms with Crippen molar-refractivity contribution in [1.29, 1.82) is 0 Å². The number of carbonyl (C=O) groups excluding carboxylic acids is 3. The number of nitrogens with zero attached hydrogens (tertiary/aromatic N) is 1. The summed E-state index contributed by atoms with van der Waals surface area (Å²) >= 11 is 1.69. The molecule has 2 aromatic rings. The molecule has 2 heterocycles. The Hall–Kier alpha value is -3.08. The van der Waals surface area contributed by atoms with Gasteiger partial charge < -0.3 is 24.6 Å². The topological polar surface area (TPSA) is 114 Å². The van der Waals surface area contributed by atoms with Gasteiger partial charge in [-0.1, -0.05) is 90.8 Å². The molecule has 1 amide bonds. The minimum absolute atomic E-state index is 0.0930. The molecule has 3 fully saturated rings. The largest absolute Gasteiger partial charge is 0.485 e. The highest BCUT2D eigenvalue weighted by Gasteiger charge is 2.67. The van der Waals surface area contributed by atoms with Crippen LogP contribution >= 0.6 is 11.8 Å². The molecule has 7 atom stereocenters. The Balaban J connectivity index is 0.00000107. The number of ether oxygens (including phenoxy) is 3. The predicted octanol–water partition coefficient (Wildman–Crippen LogP) is 7.84. The lowest BCUT2D eigenvalue weighted by Crippen LogP contribution is -2.67. The fourth-order valence-corrected chi connectivity index (χ4v) is 10.4. The number of esters is 2. The number of nitrogens with one attached hydrogen (secondary N) is 1. The van der Waals surface area contributed by atoms with E-state index in [0.29, 0.717) is 23.5 Å². The second-order valence-corrected chi connectivity index (χ2v) is 16.8. The Morgan fingerprint density at radius 3 is 2.50 bits per heavy atom. The first-order valence-corrected chi connectivity index (χ1v) is 21.8. The first-order chi connectivity index (χ1) is 26.2. The normalized spacial score (nSPS) is 26.4. The van der Waals surface area contributed by atoms with Crippen molar-refractivity contribution in [3.63, 3.8) is 0 Å². The Morgan fingerprint density at radius 1 is 1.06 bits per heavy atom. The zero-order chi connectivity index (χ0) is 38.8. The van der Waals surface area contributed by atoms with E-state index in [0.717, 1.165) is 62.4 Å². The van der Waals surface area contributed by atoms with Gasteiger partial charge in [-0.3, -0.25) is 19.3 Å². The summed E-state index contributed by atoms with van der Waals surface area (Å²) in [7, 11) is 0. The number of likely N-dealkylation sites (tertiary alicyclic amines) is 1. The molecule has 5 unspecified atom stereocenters. The highest BCUT2D eigenvalue weighted by Crippen LogP contribution is 2.66. The van der Waals surface area contributed by atoms with Crippen molar-refractivity contribution >= 4 is 29.6 Å². The molecule has 9 nitrogen and oxygen atoms in total. The first kappa shape index (κ1) is 42.1. The van der Waals surface area contributed by atoms with Gasteiger partial charge >= 0.3 is 11.9 Å². The van der Waals surface area contributed by atoms with Crippen LogP contribution in [0.15, 0.2) is 42.5 Å². The molecule has 298 valence electrons. The molecule has 1 spiro atoms. The van der Waals surface area contributed by atoms with Crippen molar-refractivity contribution in [2.24, 2.45) is 23.7 Å². The lowest BCUT2D eigenvalue weighted by atomic mass is 9.48. The zero-order valence-electron chi connectivity index (χ0n) is 33.4. The third-order valence-electron chi connectivity index (χ3n) is 11.7. The lowest BCUT2D eigenvalue weighted by Gasteiger charge is -2.61. The van der Waals surface area contributed by atoms with Crippen molar-refractivity contribution < 1.29 is 33.7 Å². The number of carbonyl (C=O) groups is 3. The van der Waals surface area contributed by atoms with Gasteiger partial charge in [0, 0.05) is 41.8 Å². The van der Waals surface area contributed by atoms with E-state index in [1.165, 1.54) is 30.4 Å². The third kappa shape index (κ3) is 9.47. The molecule has 10 heteroatoms. The van der Waals surface area contributed by atoms with Gasteiger partial charge in [-0.25, -0.2) is 0 Å². The molecule has 5 aliphatic rings. The fourth-order valence-electron chi connectivity index (χ4n) is 9.11. The van der Waals surface area contributed by atoms with Gasteiger partial charge in [0.05, 0.1) is 6.42 Å². The molecule has 2 aliphatic heterocycles. The number of benzene rings is 2. The number of aliphatic hydroxyl groups excluding tert-OH is 1. The Bertz CT molecular complexity index is 1550. The average Bonchev–Trinajstić information content (AvgIpc) is 3.93. The van der Waals surface area contributed by atoms with Crippen LogP contribution in [0.3, 0.4) is 0 Å². The van der Waals surface area contributed by atoms with Crippen LogP contribution in [0.25, 0.3) is 0 Å². The van der Waals surface area contributed by atoms with Crippen LogP contribution in [-0.2, 0) is 37.6 Å². The Kier molecular flexibility index (Phi) is 15.3. The van der Waals surface area contributed by atoms with E-state index >= 15 is 0 Å². The number of aliphatic hydroxyl groups is 1. The van der Waals surface area contributed by atoms with E-state index in [2.05, 4.69) is 44.0 Å². The summed E-state index contributed by atoms with van der Waals surface area (Å²) in [6.07, 6.45) is 8.72. The summed E-state index contributed by atoms with van der Waals surface area (Å²) in [5.41, 5.74) is 2.79. The van der Waals surface area contributed by atoms with Crippen molar-refractivity contribution in [2.45, 2.75) is 135 Å². The van der Waals surface area contributed by atoms with Gasteiger partial charge in [-0.2, -0.15) is 0 Å². The molecular weight excluding hydrogens is 701 g/mol. The number of piperidine rings is 1. The highest BCUT2D eigenvalue weighted by molar-refractivity contribution is 7.99. The standard InChI is InChI=1S/C39H50N2O7S.C3H8.C2H6/c1-3-4-18-49-38(45)28-20-29-30-19-27-12-13-31(36-35(27)39(29,37(48-36)24(28)2)16-17-41(30)22-25-10-11-25)47-33(43)15-14-32(42)40-21-34(44)46-23-26-8-6-5-7-9-26;1-3-2;1-2/h5-9,12-13,24-25,28-30,37-38,45H,3-4,10-11,14-23H2,1-2H3,(H,40,42);3H2,1-2H3;1-2H3/t24?,28?,29?,30?,37-,38?,39-;;/m0../s1. The number of thioether (sulfide) groups is 1. The van der Waals surface area contributed by atoms with Crippen molar-refractivity contribution in [1.82, 2.24) is 10.2 Å². The molecular formula is C44H64N2O7S. The number of hydrogen-bond donors (Lipinski definition) is 2. The van der Waals surface area contributed by atoms with Crippen molar-refractivity contribution in [2.75, 3.05) is 25.4 Å². The average molecular weight is 765 g/mol. The van der Waals surface area contributed by atoms with Gasteiger partial charge in [0.15, 0.2) is 11.5 Å². The molecule has 2 N–H and O–H groups in total. The van der Waals surface area contributed by atoms with Crippen LogP contribution < -0.4 is 14.8 Å². The van der Waals surface area contributed by atoms with Crippen molar-refractivity contribution in [3.8, 4) is 11.5 Å². The number of amides is 1. The summed E-state index contributed by atoms with van der Waals surface area (Å²) in [6.45, 7) is 14.8. The predicted molar refractivity (Wildman–Crippen MR) is 215 cm³/mol. The van der Waals surface area contributed by atoms with Crippen LogP contribution in [0, 0.1) is 23.7 Å². The Labute approximate surface area is 327 Å². The molecule has 0 aromatic heterocycles. The van der Waals surface area contributed by atoms with Crippen LogP contribution in [0.4, 0.5) is 0 Å². The van der Waals surface area contributed by atoms with Crippen LogP contribution in [0.5, 0.6) is 11.5 Å². The molecule has 54 heavy (non-hydrogen) atoms. The number of hydrogen-bond acceptors (Lipinski definition) is 9. The second kappa shape index (κ2) is 19.7. The van der Waals surface area contributed by atoms with E-state index in [9.17, 15) is 19.5 Å². The van der Waals surface area contributed by atoms with Gasteiger partial charge in [0.25, 0.3) is 0 Å². The number of rotatable bonds is 15. The maximum absolute atomic E-state index is 13.1. The quantitative estimate of drug-likeness (QED) is 0.0811. The minimum atomic E-state index is -0.544. The summed E-state index contributed by atoms with van der Waals surface area (Å²) in [4.78, 5) is 40.4. The fraction of sp³-hybridized carbons (Fsp3) is 0.659. The van der Waals surface area contributed by atoms with Crippen LogP contribution in [-0.4, -0.2) is 70.8 Å². The van der Waals surface area contributed by atoms with E-state index < -0.39 is 23.3 Å². The molecule has 7 rings (SSSR count). The van der Waals surface area contributed by atoms with Crippen molar-refractivity contribution in [3.05, 3.63) is 59.2 Å². The molecule has 0 radical (unpaired) electrons. The number of unbranched alkanes of at least 4 members (excludes halogenated alkanes) is 1. The maximum Gasteiger partial charge on any atom is 0.325 e. The van der Waals surface area contributed by atoms with E-state index in [1.54, 1.807) is 11.8 Å². The summed E-state index contributed by atoms with van der Waals surface area (Å²) in [5, 5.41) is 14.0. The van der Waals surface area contributed by atoms with Crippen LogP contribution in [0.2, 0.25) is 0 Å². The van der Waals surface area contributed by atoms with Gasteiger partial charge in [-0.15, -0.1) is 11.8 Å². The smallest absolute Gasteiger partial charge is 0.325 e. The van der Waals surface area contributed by atoms with Gasteiger partial charge in [-0.05, 0) is 79.9 Å². The van der Waals surface area contributed by atoms with Gasteiger partial charge in [0.1, 0.15) is 24.7 Å². The Morgan fingerprint density at radius 2 is 1.80 bits per heavy atom. The third-order valence-corrected chi connectivity index (χ3v) is 13.0. The van der Waals surface area contributed by atoms with Gasteiger partial charge in [0.2, 0.25) is 5.91 Å². The lowest BCUT2D eigenvalue weighted by molar-refractivity contribution is -0.145. The van der Waals surface area contributed by atoms with E-state index in [1.807, 2.05) is 50.2 Å². The first-order valence-electron chi connectivity index (χ1n) is 20.7. The minimum Gasteiger partial charge on any atom is -0.485 e. The zero-order valence-corrected chi connectivity index (χ0v) is 34.3. The highest BCUT2D eigenvalue weighted by atomic mass is 32.2. The van der Waals surface area contributed by atoms with Crippen LogP contribution in [0.1, 0.15) is 116 Å². The van der Waals surface area contributed by atoms with E-state index in [-0.39, 0.29) is 49.3 Å².